The van der Waals surface area contributed by atoms with E-state index in [2.05, 4.69) is 27.9 Å². The number of benzene rings is 2. The Hall–Kier alpha value is -3.41. The van der Waals surface area contributed by atoms with Crippen LogP contribution in [0.15, 0.2) is 47.4 Å². The number of nitrogens with zero attached hydrogens (tertiary/aromatic N) is 2. The number of aromatic nitrogens is 3. The number of fused-ring (bicyclic) bond motifs is 2. The number of hydrogen-bond donors (Lipinski definition) is 1. The highest BCUT2D eigenvalue weighted by molar-refractivity contribution is 5.83. The van der Waals surface area contributed by atoms with Gasteiger partial charge >= 0.3 is 0 Å². The van der Waals surface area contributed by atoms with Crippen LogP contribution in [0.4, 0.5) is 0 Å². The van der Waals surface area contributed by atoms with Crippen molar-refractivity contribution >= 4 is 21.8 Å². The lowest BCUT2D eigenvalue weighted by Gasteiger charge is -2.11. The van der Waals surface area contributed by atoms with E-state index in [1.54, 1.807) is 19.2 Å². The van der Waals surface area contributed by atoms with Gasteiger partial charge in [-0.25, -0.2) is 4.98 Å². The SMILES string of the molecule is COc1cc2nc(Cc3cnc4ccccc4c3C)[nH]c(=O)c2cc1OC. The molecule has 1 N–H and O–H groups in total. The minimum absolute atomic E-state index is 0.206. The highest BCUT2D eigenvalue weighted by Crippen LogP contribution is 2.30. The monoisotopic (exact) mass is 361 g/mol. The largest absolute Gasteiger partial charge is 0.493 e. The van der Waals surface area contributed by atoms with Gasteiger partial charge in [0.15, 0.2) is 11.5 Å². The maximum Gasteiger partial charge on any atom is 0.258 e. The molecule has 6 nitrogen and oxygen atoms in total. The summed E-state index contributed by atoms with van der Waals surface area (Å²) in [6, 6.07) is 11.4. The Morgan fingerprint density at radius 1 is 1.00 bits per heavy atom. The second kappa shape index (κ2) is 6.72. The Kier molecular flexibility index (Phi) is 4.24. The summed E-state index contributed by atoms with van der Waals surface area (Å²) in [6.45, 7) is 2.06. The molecule has 0 aliphatic heterocycles. The van der Waals surface area contributed by atoms with Crippen LogP contribution in [-0.2, 0) is 6.42 Å². The van der Waals surface area contributed by atoms with Gasteiger partial charge in [-0.1, -0.05) is 18.2 Å². The molecule has 4 aromatic rings. The van der Waals surface area contributed by atoms with Crippen molar-refractivity contribution in [3.63, 3.8) is 0 Å². The van der Waals surface area contributed by atoms with Crippen molar-refractivity contribution in [3.8, 4) is 11.5 Å². The van der Waals surface area contributed by atoms with E-state index in [0.717, 1.165) is 22.0 Å². The topological polar surface area (TPSA) is 77.1 Å². The molecule has 0 amide bonds. The average molecular weight is 361 g/mol. The molecule has 4 rings (SSSR count). The van der Waals surface area contributed by atoms with Crippen molar-refractivity contribution in [2.45, 2.75) is 13.3 Å². The zero-order valence-corrected chi connectivity index (χ0v) is 15.4. The van der Waals surface area contributed by atoms with Gasteiger partial charge in [0, 0.05) is 24.1 Å². The molecule has 2 aromatic heterocycles. The lowest BCUT2D eigenvalue weighted by molar-refractivity contribution is 0.355. The van der Waals surface area contributed by atoms with Crippen LogP contribution in [0.25, 0.3) is 21.8 Å². The first-order chi connectivity index (χ1) is 13.1. The predicted octanol–water partition coefficient (Wildman–Crippen LogP) is 3.39. The number of methoxy groups -OCH3 is 2. The van der Waals surface area contributed by atoms with Crippen LogP contribution in [-0.4, -0.2) is 29.2 Å². The summed E-state index contributed by atoms with van der Waals surface area (Å²) < 4.78 is 10.6. The third-order valence-electron chi connectivity index (χ3n) is 4.77. The lowest BCUT2D eigenvalue weighted by Crippen LogP contribution is -2.13. The van der Waals surface area contributed by atoms with E-state index in [1.165, 1.54) is 7.11 Å². The summed E-state index contributed by atoms with van der Waals surface area (Å²) in [4.78, 5) is 24.6. The molecular weight excluding hydrogens is 342 g/mol. The number of nitrogens with one attached hydrogen (secondary N) is 1. The molecule has 136 valence electrons. The van der Waals surface area contributed by atoms with E-state index in [4.69, 9.17) is 9.47 Å². The van der Waals surface area contributed by atoms with Crippen LogP contribution in [0, 0.1) is 6.92 Å². The Morgan fingerprint density at radius 2 is 1.74 bits per heavy atom. The van der Waals surface area contributed by atoms with Gasteiger partial charge in [-0.15, -0.1) is 0 Å². The second-order valence-electron chi connectivity index (χ2n) is 6.34. The van der Waals surface area contributed by atoms with Crippen LogP contribution < -0.4 is 15.0 Å². The molecule has 0 fully saturated rings. The van der Waals surface area contributed by atoms with Crippen LogP contribution >= 0.6 is 0 Å². The predicted molar refractivity (Wildman–Crippen MR) is 105 cm³/mol. The standard InChI is InChI=1S/C21H19N3O3/c1-12-13(11-22-16-7-5-4-6-14(12)16)8-20-23-17-10-19(27-3)18(26-2)9-15(17)21(25)24-20/h4-7,9-11H,8H2,1-3H3,(H,23,24,25). The number of para-hydroxylation sites is 1. The summed E-state index contributed by atoms with van der Waals surface area (Å²) in [6.07, 6.45) is 2.33. The van der Waals surface area contributed by atoms with E-state index in [0.29, 0.717) is 34.6 Å². The molecule has 0 saturated carbocycles. The van der Waals surface area contributed by atoms with Crippen molar-refractivity contribution in [2.75, 3.05) is 14.2 Å². The maximum atomic E-state index is 12.5. The normalized spacial score (nSPS) is 11.1. The molecule has 0 aliphatic carbocycles. The Morgan fingerprint density at radius 3 is 2.52 bits per heavy atom. The summed E-state index contributed by atoms with van der Waals surface area (Å²) in [5, 5.41) is 1.56. The molecule has 0 spiro atoms. The molecular formula is C21H19N3O3. The van der Waals surface area contributed by atoms with E-state index >= 15 is 0 Å². The zero-order chi connectivity index (χ0) is 19.0. The third kappa shape index (κ3) is 2.99. The smallest absolute Gasteiger partial charge is 0.258 e. The van der Waals surface area contributed by atoms with Gasteiger partial charge in [0.05, 0.1) is 30.6 Å². The molecule has 0 unspecified atom stereocenters. The fraction of sp³-hybridized carbons (Fsp3) is 0.190. The van der Waals surface area contributed by atoms with E-state index in [-0.39, 0.29) is 5.56 Å². The van der Waals surface area contributed by atoms with Crippen molar-refractivity contribution in [3.05, 3.63) is 69.9 Å². The zero-order valence-electron chi connectivity index (χ0n) is 15.4. The fourth-order valence-electron chi connectivity index (χ4n) is 3.28. The van der Waals surface area contributed by atoms with Gasteiger partial charge in [0.1, 0.15) is 5.82 Å². The Balaban J connectivity index is 1.81. The first-order valence-corrected chi connectivity index (χ1v) is 8.59. The summed E-state index contributed by atoms with van der Waals surface area (Å²) in [5.41, 5.74) is 3.48. The summed E-state index contributed by atoms with van der Waals surface area (Å²) in [5.74, 6) is 1.62. The molecule has 0 atom stereocenters. The van der Waals surface area contributed by atoms with Gasteiger partial charge in [0.2, 0.25) is 0 Å². The number of H-pyrrole nitrogens is 1. The number of ether oxygens (including phenoxy) is 2. The molecule has 2 aromatic carbocycles. The minimum Gasteiger partial charge on any atom is -0.493 e. The van der Waals surface area contributed by atoms with Gasteiger partial charge in [-0.05, 0) is 30.2 Å². The Labute approximate surface area is 155 Å². The van der Waals surface area contributed by atoms with Gasteiger partial charge in [-0.2, -0.15) is 0 Å². The summed E-state index contributed by atoms with van der Waals surface area (Å²) in [7, 11) is 3.09. The van der Waals surface area contributed by atoms with Crippen molar-refractivity contribution < 1.29 is 9.47 Å². The molecule has 27 heavy (non-hydrogen) atoms. The molecule has 0 aliphatic rings. The Bertz CT molecular complexity index is 1210. The van der Waals surface area contributed by atoms with Crippen LogP contribution in [0.5, 0.6) is 11.5 Å². The first kappa shape index (κ1) is 17.0. The van der Waals surface area contributed by atoms with Crippen molar-refractivity contribution in [1.82, 2.24) is 15.0 Å². The number of aryl methyl sites for hydroxylation is 1. The number of rotatable bonds is 4. The number of hydrogen-bond acceptors (Lipinski definition) is 5. The molecule has 0 bridgehead atoms. The van der Waals surface area contributed by atoms with Crippen molar-refractivity contribution in [1.29, 1.82) is 0 Å². The minimum atomic E-state index is -0.206. The number of pyridine rings is 1. The molecule has 0 radical (unpaired) electrons. The maximum absolute atomic E-state index is 12.5. The van der Waals surface area contributed by atoms with Gasteiger partial charge in [-0.3, -0.25) is 9.78 Å². The van der Waals surface area contributed by atoms with Crippen molar-refractivity contribution in [2.24, 2.45) is 0 Å². The van der Waals surface area contributed by atoms with Crippen LogP contribution in [0.2, 0.25) is 0 Å². The highest BCUT2D eigenvalue weighted by Gasteiger charge is 2.12. The second-order valence-corrected chi connectivity index (χ2v) is 6.34. The average Bonchev–Trinajstić information content (AvgIpc) is 2.69. The van der Waals surface area contributed by atoms with Gasteiger partial charge in [0.25, 0.3) is 5.56 Å². The lowest BCUT2D eigenvalue weighted by atomic mass is 10.0. The molecule has 2 heterocycles. The van der Waals surface area contributed by atoms with Gasteiger partial charge < -0.3 is 14.5 Å². The quantitative estimate of drug-likeness (QED) is 0.603. The van der Waals surface area contributed by atoms with Crippen LogP contribution in [0.3, 0.4) is 0 Å². The fourth-order valence-corrected chi connectivity index (χ4v) is 3.28. The van der Waals surface area contributed by atoms with E-state index in [9.17, 15) is 4.79 Å². The van der Waals surface area contributed by atoms with Crippen LogP contribution in [0.1, 0.15) is 17.0 Å². The number of aromatic amines is 1. The highest BCUT2D eigenvalue weighted by atomic mass is 16.5. The summed E-state index contributed by atoms with van der Waals surface area (Å²) >= 11 is 0. The van der Waals surface area contributed by atoms with E-state index < -0.39 is 0 Å². The third-order valence-corrected chi connectivity index (χ3v) is 4.77. The molecule has 6 heteroatoms. The molecule has 0 saturated heterocycles. The van der Waals surface area contributed by atoms with E-state index in [1.807, 2.05) is 24.4 Å². The first-order valence-electron chi connectivity index (χ1n) is 8.59.